The van der Waals surface area contributed by atoms with Crippen molar-refractivity contribution < 1.29 is 22.4 Å². The molecule has 29 heavy (non-hydrogen) atoms. The summed E-state index contributed by atoms with van der Waals surface area (Å²) < 4.78 is 33.2. The zero-order chi connectivity index (χ0) is 20.9. The molecule has 0 saturated heterocycles. The number of carbonyl (C=O) groups is 2. The first-order valence-electron chi connectivity index (χ1n) is 8.83. The number of benzene rings is 2. The van der Waals surface area contributed by atoms with Crippen molar-refractivity contribution in [1.82, 2.24) is 9.62 Å². The van der Waals surface area contributed by atoms with Crippen LogP contribution in [0.5, 0.6) is 0 Å². The Morgan fingerprint density at radius 1 is 1.17 bits per heavy atom. The average molecular weight is 413 g/mol. The number of amides is 2. The molecule has 0 bridgehead atoms. The standard InChI is InChI=1S/C20H19N3O5S/c1-22(2)14-8-7-12-9-16(28-15(12)10-14)19(24)21-29(26,27)17-6-4-5-13-11-23(3)20(25)18(13)17/h4-10H,11H2,1-3H3,(H,21,24). The van der Waals surface area contributed by atoms with Crippen LogP contribution < -0.4 is 9.62 Å². The van der Waals surface area contributed by atoms with Crippen molar-refractivity contribution >= 4 is 38.5 Å². The first-order valence-corrected chi connectivity index (χ1v) is 10.3. The summed E-state index contributed by atoms with van der Waals surface area (Å²) in [6.07, 6.45) is 0. The van der Waals surface area contributed by atoms with Crippen LogP contribution in [0.25, 0.3) is 11.0 Å². The number of hydrogen-bond acceptors (Lipinski definition) is 6. The second-order valence-corrected chi connectivity index (χ2v) is 8.76. The molecule has 150 valence electrons. The molecule has 9 heteroatoms. The molecular weight excluding hydrogens is 394 g/mol. The predicted molar refractivity (Wildman–Crippen MR) is 107 cm³/mol. The number of rotatable bonds is 4. The Morgan fingerprint density at radius 2 is 1.93 bits per heavy atom. The highest BCUT2D eigenvalue weighted by Gasteiger charge is 2.33. The third-order valence-electron chi connectivity index (χ3n) is 4.84. The molecule has 2 heterocycles. The quantitative estimate of drug-likeness (QED) is 0.704. The fourth-order valence-corrected chi connectivity index (χ4v) is 4.53. The van der Waals surface area contributed by atoms with Crippen LogP contribution in [0.15, 0.2) is 51.8 Å². The first-order chi connectivity index (χ1) is 13.7. The van der Waals surface area contributed by atoms with Crippen LogP contribution >= 0.6 is 0 Å². The largest absolute Gasteiger partial charge is 0.451 e. The van der Waals surface area contributed by atoms with E-state index in [0.29, 0.717) is 23.1 Å². The van der Waals surface area contributed by atoms with Crippen LogP contribution in [0.1, 0.15) is 26.5 Å². The number of carbonyl (C=O) groups excluding carboxylic acids is 2. The van der Waals surface area contributed by atoms with Crippen LogP contribution in [0, 0.1) is 0 Å². The predicted octanol–water partition coefficient (Wildman–Crippen LogP) is 2.20. The fraction of sp³-hybridized carbons (Fsp3) is 0.200. The highest BCUT2D eigenvalue weighted by molar-refractivity contribution is 7.90. The number of sulfonamides is 1. The number of furan rings is 1. The monoisotopic (exact) mass is 413 g/mol. The minimum Gasteiger partial charge on any atom is -0.451 e. The highest BCUT2D eigenvalue weighted by atomic mass is 32.2. The maximum atomic E-state index is 12.8. The van der Waals surface area contributed by atoms with E-state index >= 15 is 0 Å². The van der Waals surface area contributed by atoms with Gasteiger partial charge in [0.05, 0.1) is 5.56 Å². The molecule has 0 spiro atoms. The van der Waals surface area contributed by atoms with E-state index in [1.54, 1.807) is 31.3 Å². The Bertz CT molecular complexity index is 1260. The molecule has 0 saturated carbocycles. The second kappa shape index (κ2) is 6.63. The molecule has 1 aliphatic rings. The van der Waals surface area contributed by atoms with E-state index < -0.39 is 21.8 Å². The van der Waals surface area contributed by atoms with Gasteiger partial charge in [0.1, 0.15) is 10.5 Å². The van der Waals surface area contributed by atoms with Crippen molar-refractivity contribution in [2.24, 2.45) is 0 Å². The van der Waals surface area contributed by atoms with Crippen LogP contribution in [0.2, 0.25) is 0 Å². The minimum atomic E-state index is -4.26. The molecule has 0 atom stereocenters. The summed E-state index contributed by atoms with van der Waals surface area (Å²) in [4.78, 5) is 28.0. The summed E-state index contributed by atoms with van der Waals surface area (Å²) in [6.45, 7) is 0.323. The van der Waals surface area contributed by atoms with Crippen molar-refractivity contribution in [1.29, 1.82) is 0 Å². The van der Waals surface area contributed by atoms with Crippen LogP contribution in [0.4, 0.5) is 5.69 Å². The number of fused-ring (bicyclic) bond motifs is 2. The molecule has 0 fully saturated rings. The summed E-state index contributed by atoms with van der Waals surface area (Å²) in [5.74, 6) is -1.42. The Kier molecular flexibility index (Phi) is 4.34. The summed E-state index contributed by atoms with van der Waals surface area (Å²) in [6, 6.07) is 11.5. The van der Waals surface area contributed by atoms with Crippen molar-refractivity contribution in [2.75, 3.05) is 26.0 Å². The van der Waals surface area contributed by atoms with E-state index in [2.05, 4.69) is 0 Å². The van der Waals surface area contributed by atoms with E-state index in [1.807, 2.05) is 29.8 Å². The number of hydrogen-bond donors (Lipinski definition) is 1. The lowest BCUT2D eigenvalue weighted by Gasteiger charge is -2.11. The third kappa shape index (κ3) is 3.23. The Morgan fingerprint density at radius 3 is 2.66 bits per heavy atom. The van der Waals surface area contributed by atoms with Crippen LogP contribution in [-0.4, -0.2) is 46.3 Å². The molecule has 3 aromatic rings. The molecule has 2 aromatic carbocycles. The van der Waals surface area contributed by atoms with E-state index in [-0.39, 0.29) is 16.2 Å². The molecule has 8 nitrogen and oxygen atoms in total. The van der Waals surface area contributed by atoms with Gasteiger partial charge in [-0.15, -0.1) is 0 Å². The molecule has 1 aromatic heterocycles. The van der Waals surface area contributed by atoms with Gasteiger partial charge in [-0.2, -0.15) is 0 Å². The van der Waals surface area contributed by atoms with Crippen molar-refractivity contribution in [2.45, 2.75) is 11.4 Å². The van der Waals surface area contributed by atoms with E-state index in [0.717, 1.165) is 5.69 Å². The number of anilines is 1. The van der Waals surface area contributed by atoms with Crippen LogP contribution in [-0.2, 0) is 16.6 Å². The van der Waals surface area contributed by atoms with Gasteiger partial charge in [0.25, 0.3) is 15.9 Å². The number of nitrogens with zero attached hydrogens (tertiary/aromatic N) is 2. The van der Waals surface area contributed by atoms with Crippen LogP contribution in [0.3, 0.4) is 0 Å². The normalized spacial score (nSPS) is 13.6. The second-order valence-electron chi connectivity index (χ2n) is 7.11. The molecule has 1 aliphatic heterocycles. The maximum absolute atomic E-state index is 12.8. The summed E-state index contributed by atoms with van der Waals surface area (Å²) in [5.41, 5.74) is 2.05. The molecule has 0 aliphatic carbocycles. The van der Waals surface area contributed by atoms with Gasteiger partial charge >= 0.3 is 5.91 Å². The topological polar surface area (TPSA) is 99.9 Å². The lowest BCUT2D eigenvalue weighted by atomic mass is 10.1. The summed E-state index contributed by atoms with van der Waals surface area (Å²) >= 11 is 0. The average Bonchev–Trinajstić information content (AvgIpc) is 3.22. The van der Waals surface area contributed by atoms with E-state index in [9.17, 15) is 18.0 Å². The van der Waals surface area contributed by atoms with Crippen molar-refractivity contribution in [3.8, 4) is 0 Å². The summed E-state index contributed by atoms with van der Waals surface area (Å²) in [7, 11) is 1.08. The molecular formula is C20H19N3O5S. The van der Waals surface area contributed by atoms with Gasteiger partial charge in [-0.3, -0.25) is 9.59 Å². The Balaban J connectivity index is 1.66. The SMILES string of the molecule is CN1Cc2cccc(S(=O)(=O)NC(=O)c3cc4ccc(N(C)C)cc4o3)c2C1=O. The van der Waals surface area contributed by atoms with Gasteiger partial charge in [-0.25, -0.2) is 13.1 Å². The fourth-order valence-electron chi connectivity index (χ4n) is 3.33. The van der Waals surface area contributed by atoms with Gasteiger partial charge in [0.15, 0.2) is 5.76 Å². The molecule has 1 N–H and O–H groups in total. The zero-order valence-corrected chi connectivity index (χ0v) is 16.9. The summed E-state index contributed by atoms with van der Waals surface area (Å²) in [5, 5.41) is 0.676. The lowest BCUT2D eigenvalue weighted by molar-refractivity contribution is 0.0813. The molecule has 4 rings (SSSR count). The van der Waals surface area contributed by atoms with Gasteiger partial charge < -0.3 is 14.2 Å². The maximum Gasteiger partial charge on any atom is 0.300 e. The Hall–Kier alpha value is -3.33. The van der Waals surface area contributed by atoms with Gasteiger partial charge in [-0.05, 0) is 29.8 Å². The minimum absolute atomic E-state index is 0.0931. The van der Waals surface area contributed by atoms with Gasteiger partial charge in [0.2, 0.25) is 0 Å². The first kappa shape index (κ1) is 19.0. The van der Waals surface area contributed by atoms with E-state index in [1.165, 1.54) is 17.0 Å². The number of nitrogens with one attached hydrogen (secondary N) is 1. The molecule has 0 radical (unpaired) electrons. The Labute approximate surface area is 167 Å². The van der Waals surface area contributed by atoms with Crippen molar-refractivity contribution in [3.63, 3.8) is 0 Å². The molecule has 2 amide bonds. The van der Waals surface area contributed by atoms with Gasteiger partial charge in [0, 0.05) is 44.8 Å². The molecule has 0 unspecified atom stereocenters. The highest BCUT2D eigenvalue weighted by Crippen LogP contribution is 2.28. The van der Waals surface area contributed by atoms with E-state index in [4.69, 9.17) is 4.42 Å². The van der Waals surface area contributed by atoms with Gasteiger partial charge in [-0.1, -0.05) is 12.1 Å². The van der Waals surface area contributed by atoms with Crippen molar-refractivity contribution in [3.05, 3.63) is 59.4 Å². The third-order valence-corrected chi connectivity index (χ3v) is 6.21. The smallest absolute Gasteiger partial charge is 0.300 e. The lowest BCUT2D eigenvalue weighted by Crippen LogP contribution is -2.31. The zero-order valence-electron chi connectivity index (χ0n) is 16.1.